The van der Waals surface area contributed by atoms with Crippen molar-refractivity contribution < 1.29 is 13.2 Å². The number of nitrogens with zero attached hydrogens (tertiary/aromatic N) is 4. The van der Waals surface area contributed by atoms with Gasteiger partial charge in [0, 0.05) is 36.1 Å². The molecule has 0 aliphatic carbocycles. The Bertz CT molecular complexity index is 994. The van der Waals surface area contributed by atoms with Gasteiger partial charge in [0.05, 0.1) is 23.7 Å². The first kappa shape index (κ1) is 19.8. The molecule has 7 nitrogen and oxygen atoms in total. The maximum absolute atomic E-state index is 12.9. The van der Waals surface area contributed by atoms with Crippen molar-refractivity contribution in [3.05, 3.63) is 22.6 Å². The molecule has 2 aliphatic heterocycles. The molecule has 2 aromatic rings. The fourth-order valence-corrected chi connectivity index (χ4v) is 7.42. The molecular weight excluding hydrogens is 396 g/mol. The van der Waals surface area contributed by atoms with E-state index in [2.05, 4.69) is 16.7 Å². The number of carbonyl (C=O) groups is 1. The average Bonchev–Trinajstić information content (AvgIpc) is 3.31. The molecule has 4 rings (SSSR count). The van der Waals surface area contributed by atoms with E-state index in [4.69, 9.17) is 4.98 Å². The molecule has 9 heteroatoms. The lowest BCUT2D eigenvalue weighted by molar-refractivity contribution is -0.133. The number of rotatable bonds is 4. The first-order valence-electron chi connectivity index (χ1n) is 9.86. The van der Waals surface area contributed by atoms with Crippen molar-refractivity contribution >= 4 is 31.9 Å². The first-order chi connectivity index (χ1) is 13.2. The van der Waals surface area contributed by atoms with Gasteiger partial charge in [-0.25, -0.2) is 13.4 Å². The van der Waals surface area contributed by atoms with E-state index in [9.17, 15) is 13.2 Å². The summed E-state index contributed by atoms with van der Waals surface area (Å²) in [5.74, 6) is 1.76. The second-order valence-corrected chi connectivity index (χ2v) is 11.3. The van der Waals surface area contributed by atoms with Crippen molar-refractivity contribution in [3.63, 3.8) is 0 Å². The lowest BCUT2D eigenvalue weighted by atomic mass is 9.95. The highest BCUT2D eigenvalue weighted by Gasteiger charge is 2.33. The van der Waals surface area contributed by atoms with Crippen LogP contribution in [-0.2, 0) is 14.6 Å². The van der Waals surface area contributed by atoms with Crippen LogP contribution in [0.4, 0.5) is 0 Å². The van der Waals surface area contributed by atoms with Gasteiger partial charge in [-0.15, -0.1) is 11.3 Å². The van der Waals surface area contributed by atoms with Crippen LogP contribution >= 0.6 is 11.3 Å². The summed E-state index contributed by atoms with van der Waals surface area (Å²) >= 11 is 1.72. The predicted molar refractivity (Wildman–Crippen MR) is 111 cm³/mol. The molecule has 0 radical (unpaired) electrons. The van der Waals surface area contributed by atoms with Crippen LogP contribution in [-0.4, -0.2) is 77.7 Å². The summed E-state index contributed by atoms with van der Waals surface area (Å²) in [6.07, 6.45) is 2.64. The molecule has 2 aliphatic rings. The van der Waals surface area contributed by atoms with Crippen LogP contribution < -0.4 is 0 Å². The number of likely N-dealkylation sites (tertiary alicyclic amines) is 1. The fraction of sp³-hybridized carbons (Fsp3) is 0.684. The summed E-state index contributed by atoms with van der Waals surface area (Å²) < 4.78 is 25.6. The van der Waals surface area contributed by atoms with Gasteiger partial charge < -0.3 is 4.90 Å². The average molecular weight is 425 g/mol. The molecule has 2 fully saturated rings. The normalized spacial score (nSPS) is 25.1. The van der Waals surface area contributed by atoms with E-state index >= 15 is 0 Å². The molecular formula is C19H28N4O3S2. The number of aryl methyl sites for hydroxylation is 2. The van der Waals surface area contributed by atoms with Gasteiger partial charge in [-0.3, -0.25) is 14.1 Å². The van der Waals surface area contributed by atoms with Crippen LogP contribution in [0.15, 0.2) is 5.38 Å². The van der Waals surface area contributed by atoms with Crippen molar-refractivity contribution in [2.75, 3.05) is 38.2 Å². The molecule has 0 saturated carbocycles. The Kier molecular flexibility index (Phi) is 5.26. The van der Waals surface area contributed by atoms with Crippen LogP contribution in [0.25, 0.3) is 4.83 Å². The van der Waals surface area contributed by atoms with E-state index in [1.54, 1.807) is 11.3 Å². The Hall–Kier alpha value is -1.45. The summed E-state index contributed by atoms with van der Waals surface area (Å²) in [6, 6.07) is -0.0425. The highest BCUT2D eigenvalue weighted by Crippen LogP contribution is 2.33. The fourth-order valence-electron chi connectivity index (χ4n) is 4.51. The van der Waals surface area contributed by atoms with E-state index in [0.29, 0.717) is 13.0 Å². The third-order valence-corrected chi connectivity index (χ3v) is 8.92. The third kappa shape index (κ3) is 3.71. The number of thiazole rings is 1. The standard InChI is InChI=1S/C19H28N4O3S2/c1-13-11-27-19-18(20-14(2)23(13)19)15-5-4-7-22(9-15)17(24)10-21(3)16-6-8-28(25,26)12-16/h11,15-16H,4-10,12H2,1-3H3. The van der Waals surface area contributed by atoms with Gasteiger partial charge in [0.25, 0.3) is 0 Å². The third-order valence-electron chi connectivity index (χ3n) is 6.10. The topological polar surface area (TPSA) is 75.0 Å². The summed E-state index contributed by atoms with van der Waals surface area (Å²) in [5.41, 5.74) is 2.32. The molecule has 1 amide bonds. The molecule has 0 N–H and O–H groups in total. The van der Waals surface area contributed by atoms with Gasteiger partial charge in [-0.05, 0) is 40.2 Å². The molecule has 4 heterocycles. The Balaban J connectivity index is 1.44. The number of likely N-dealkylation sites (N-methyl/N-ethyl adjacent to an activating group) is 1. The number of carbonyl (C=O) groups excluding carboxylic acids is 1. The maximum atomic E-state index is 12.9. The zero-order chi connectivity index (χ0) is 20.1. The van der Waals surface area contributed by atoms with Gasteiger partial charge in [0.15, 0.2) is 9.84 Å². The summed E-state index contributed by atoms with van der Waals surface area (Å²) in [4.78, 5) is 22.8. The van der Waals surface area contributed by atoms with Gasteiger partial charge in [0.2, 0.25) is 5.91 Å². The van der Waals surface area contributed by atoms with Gasteiger partial charge in [0.1, 0.15) is 10.7 Å². The monoisotopic (exact) mass is 424 g/mol. The number of imidazole rings is 1. The van der Waals surface area contributed by atoms with Crippen LogP contribution in [0.2, 0.25) is 0 Å². The highest BCUT2D eigenvalue weighted by molar-refractivity contribution is 7.91. The molecule has 0 spiro atoms. The predicted octanol–water partition coefficient (Wildman–Crippen LogP) is 1.84. The zero-order valence-corrected chi connectivity index (χ0v) is 18.4. The van der Waals surface area contributed by atoms with Gasteiger partial charge in [-0.1, -0.05) is 0 Å². The van der Waals surface area contributed by atoms with E-state index in [1.807, 2.05) is 23.8 Å². The Labute approximate surface area is 170 Å². The summed E-state index contributed by atoms with van der Waals surface area (Å²) in [6.45, 7) is 5.87. The second-order valence-electron chi connectivity index (χ2n) is 8.21. The van der Waals surface area contributed by atoms with E-state index < -0.39 is 9.84 Å². The lowest BCUT2D eigenvalue weighted by Gasteiger charge is -2.34. The quantitative estimate of drug-likeness (QED) is 0.749. The number of amides is 1. The van der Waals surface area contributed by atoms with Gasteiger partial charge in [-0.2, -0.15) is 0 Å². The van der Waals surface area contributed by atoms with Crippen molar-refractivity contribution in [1.82, 2.24) is 19.2 Å². The largest absolute Gasteiger partial charge is 0.341 e. The first-order valence-corrected chi connectivity index (χ1v) is 12.6. The Morgan fingerprint density at radius 1 is 1.36 bits per heavy atom. The summed E-state index contributed by atoms with van der Waals surface area (Å²) in [7, 11) is -1.08. The van der Waals surface area contributed by atoms with Crippen LogP contribution in [0.5, 0.6) is 0 Å². The zero-order valence-electron chi connectivity index (χ0n) is 16.7. The number of hydrogen-bond donors (Lipinski definition) is 0. The number of fused-ring (bicyclic) bond motifs is 1. The number of hydrogen-bond acceptors (Lipinski definition) is 6. The lowest BCUT2D eigenvalue weighted by Crippen LogP contribution is -2.46. The molecule has 0 aromatic carbocycles. The minimum Gasteiger partial charge on any atom is -0.341 e. The van der Waals surface area contributed by atoms with Crippen molar-refractivity contribution in [3.8, 4) is 0 Å². The Morgan fingerprint density at radius 2 is 2.14 bits per heavy atom. The minimum absolute atomic E-state index is 0.0425. The van der Waals surface area contributed by atoms with Crippen molar-refractivity contribution in [2.45, 2.75) is 45.1 Å². The molecule has 2 atom stereocenters. The molecule has 2 saturated heterocycles. The van der Waals surface area contributed by atoms with Crippen molar-refractivity contribution in [2.24, 2.45) is 0 Å². The molecule has 28 heavy (non-hydrogen) atoms. The maximum Gasteiger partial charge on any atom is 0.236 e. The van der Waals surface area contributed by atoms with Crippen LogP contribution in [0, 0.1) is 13.8 Å². The van der Waals surface area contributed by atoms with E-state index in [1.165, 1.54) is 10.5 Å². The highest BCUT2D eigenvalue weighted by atomic mass is 32.2. The summed E-state index contributed by atoms with van der Waals surface area (Å²) in [5, 5.41) is 2.16. The molecule has 2 aromatic heterocycles. The van der Waals surface area contributed by atoms with Crippen LogP contribution in [0.3, 0.4) is 0 Å². The molecule has 2 unspecified atom stereocenters. The van der Waals surface area contributed by atoms with Crippen molar-refractivity contribution in [1.29, 1.82) is 0 Å². The molecule has 0 bridgehead atoms. The SMILES string of the molecule is Cc1csc2c(C3CCCN(C(=O)CN(C)C4CCS(=O)(=O)C4)C3)nc(C)n12. The number of piperidine rings is 1. The second kappa shape index (κ2) is 7.42. The van der Waals surface area contributed by atoms with Crippen LogP contribution in [0.1, 0.15) is 42.4 Å². The number of sulfone groups is 1. The van der Waals surface area contributed by atoms with E-state index in [0.717, 1.165) is 30.9 Å². The molecule has 154 valence electrons. The van der Waals surface area contributed by atoms with E-state index in [-0.39, 0.29) is 35.9 Å². The van der Waals surface area contributed by atoms with Gasteiger partial charge >= 0.3 is 0 Å². The smallest absolute Gasteiger partial charge is 0.236 e. The minimum atomic E-state index is -2.94. The number of aromatic nitrogens is 2. The Morgan fingerprint density at radius 3 is 2.86 bits per heavy atom.